The fourth-order valence-electron chi connectivity index (χ4n) is 3.47. The van der Waals surface area contributed by atoms with Crippen molar-refractivity contribution in [3.63, 3.8) is 0 Å². The van der Waals surface area contributed by atoms with Crippen molar-refractivity contribution in [1.29, 1.82) is 0 Å². The molecule has 3 aromatic heterocycles. The minimum absolute atomic E-state index is 0.108. The Balaban J connectivity index is 1.25. The number of aromatic nitrogens is 2. The molecule has 0 bridgehead atoms. The van der Waals surface area contributed by atoms with Crippen LogP contribution in [0.15, 0.2) is 79.3 Å². The van der Waals surface area contributed by atoms with E-state index < -0.39 is 0 Å². The highest BCUT2D eigenvalue weighted by Gasteiger charge is 2.34. The number of furan rings is 2. The van der Waals surface area contributed by atoms with Crippen LogP contribution in [0.25, 0.3) is 0 Å². The number of nitrogens with one attached hydrogen (secondary N) is 1. The number of benzene rings is 1. The molecule has 0 saturated heterocycles. The first-order valence-corrected chi connectivity index (χ1v) is 12.2. The Bertz CT molecular complexity index is 1230. The monoisotopic (exact) mass is 479 g/mol. The van der Waals surface area contributed by atoms with Crippen molar-refractivity contribution >= 4 is 39.8 Å². The molecule has 5 rings (SSSR count). The third kappa shape index (κ3) is 5.01. The van der Waals surface area contributed by atoms with E-state index in [2.05, 4.69) is 20.6 Å². The Morgan fingerprint density at radius 3 is 2.73 bits per heavy atom. The van der Waals surface area contributed by atoms with Crippen molar-refractivity contribution in [2.45, 2.75) is 30.3 Å². The lowest BCUT2D eigenvalue weighted by Crippen LogP contribution is -2.28. The van der Waals surface area contributed by atoms with E-state index in [-0.39, 0.29) is 17.7 Å². The van der Waals surface area contributed by atoms with E-state index in [1.165, 1.54) is 33.7 Å². The fourth-order valence-corrected chi connectivity index (χ4v) is 5.07. The highest BCUT2D eigenvalue weighted by molar-refractivity contribution is 8.01. The molecule has 1 aliphatic rings. The van der Waals surface area contributed by atoms with Crippen LogP contribution in [-0.4, -0.2) is 32.6 Å². The molecule has 0 saturated carbocycles. The number of anilines is 1. The lowest BCUT2D eigenvalue weighted by Gasteiger charge is -2.19. The van der Waals surface area contributed by atoms with Gasteiger partial charge in [0.1, 0.15) is 17.6 Å². The molecule has 4 heterocycles. The summed E-state index contributed by atoms with van der Waals surface area (Å²) in [6.45, 7) is 2.57. The second kappa shape index (κ2) is 9.63. The van der Waals surface area contributed by atoms with Gasteiger partial charge >= 0.3 is 0 Å². The van der Waals surface area contributed by atoms with Crippen LogP contribution in [-0.2, 0) is 11.3 Å². The third-order valence-electron chi connectivity index (χ3n) is 5.14. The Kier molecular flexibility index (Phi) is 6.27. The normalized spacial score (nSPS) is 15.6. The summed E-state index contributed by atoms with van der Waals surface area (Å²) in [5.74, 6) is 1.63. The number of thioether (sulfide) groups is 1. The maximum absolute atomic E-state index is 13.1. The second-order valence-corrected chi connectivity index (χ2v) is 9.68. The van der Waals surface area contributed by atoms with Gasteiger partial charge in [0, 0.05) is 6.42 Å². The number of hydrazone groups is 1. The zero-order chi connectivity index (χ0) is 22.6. The van der Waals surface area contributed by atoms with Gasteiger partial charge in [0.15, 0.2) is 4.34 Å². The largest absolute Gasteiger partial charge is 0.467 e. The summed E-state index contributed by atoms with van der Waals surface area (Å²) >= 11 is 2.75. The predicted octanol–water partition coefficient (Wildman–Crippen LogP) is 5.11. The van der Waals surface area contributed by atoms with Gasteiger partial charge in [0.05, 0.1) is 30.5 Å². The molecule has 10 heteroatoms. The summed E-state index contributed by atoms with van der Waals surface area (Å²) < 4.78 is 11.6. The highest BCUT2D eigenvalue weighted by Crippen LogP contribution is 2.34. The summed E-state index contributed by atoms with van der Waals surface area (Å²) in [5, 5.41) is 18.4. The predicted molar refractivity (Wildman–Crippen MR) is 127 cm³/mol. The van der Waals surface area contributed by atoms with Crippen LogP contribution in [0.4, 0.5) is 5.13 Å². The van der Waals surface area contributed by atoms with E-state index in [1.54, 1.807) is 12.5 Å². The molecule has 0 spiro atoms. The molecular formula is C23H21N5O3S2. The standard InChI is InChI=1S/C23H21N5O3S2/c1-15-6-8-16(9-7-15)18-12-19(20-5-3-11-31-20)28(27-18)21(29)14-32-23-26-25-22(33-23)24-13-17-4-2-10-30-17/h2-11,19H,12-14H2,1H3,(H,24,25)/t19-/m0/s1. The van der Waals surface area contributed by atoms with E-state index in [0.717, 1.165) is 22.8 Å². The van der Waals surface area contributed by atoms with Gasteiger partial charge < -0.3 is 14.2 Å². The minimum atomic E-state index is -0.260. The van der Waals surface area contributed by atoms with Crippen LogP contribution < -0.4 is 5.32 Å². The molecule has 0 unspecified atom stereocenters. The number of carbonyl (C=O) groups excluding carboxylic acids is 1. The Hall–Kier alpha value is -3.37. The summed E-state index contributed by atoms with van der Waals surface area (Å²) in [5.41, 5.74) is 3.06. The van der Waals surface area contributed by atoms with Gasteiger partial charge in [-0.2, -0.15) is 5.10 Å². The molecule has 0 radical (unpaired) electrons. The number of rotatable bonds is 8. The van der Waals surface area contributed by atoms with Crippen molar-refractivity contribution in [3.05, 3.63) is 83.7 Å². The van der Waals surface area contributed by atoms with Crippen LogP contribution in [0.1, 0.15) is 35.1 Å². The zero-order valence-corrected chi connectivity index (χ0v) is 19.4. The van der Waals surface area contributed by atoms with Gasteiger partial charge in [-0.15, -0.1) is 10.2 Å². The van der Waals surface area contributed by atoms with Gasteiger partial charge in [-0.25, -0.2) is 5.01 Å². The first-order chi connectivity index (χ1) is 16.2. The topological polar surface area (TPSA) is 96.8 Å². The number of nitrogens with zero attached hydrogens (tertiary/aromatic N) is 4. The maximum Gasteiger partial charge on any atom is 0.253 e. The second-order valence-electron chi connectivity index (χ2n) is 7.48. The molecule has 0 fully saturated rings. The summed E-state index contributed by atoms with van der Waals surface area (Å²) in [7, 11) is 0. The van der Waals surface area contributed by atoms with Gasteiger partial charge in [-0.3, -0.25) is 4.79 Å². The SMILES string of the molecule is Cc1ccc(C2=NN(C(=O)CSc3nnc(NCc4ccco4)s3)[C@H](c3ccco3)C2)cc1. The van der Waals surface area contributed by atoms with Crippen LogP contribution in [0.3, 0.4) is 0 Å². The van der Waals surface area contributed by atoms with Crippen LogP contribution in [0.2, 0.25) is 0 Å². The van der Waals surface area contributed by atoms with E-state index in [0.29, 0.717) is 22.4 Å². The number of amides is 1. The maximum atomic E-state index is 13.1. The smallest absolute Gasteiger partial charge is 0.253 e. The lowest BCUT2D eigenvalue weighted by atomic mass is 10.0. The molecule has 1 aromatic carbocycles. The molecule has 168 valence electrons. The van der Waals surface area contributed by atoms with Crippen LogP contribution in [0.5, 0.6) is 0 Å². The molecule has 1 aliphatic heterocycles. The van der Waals surface area contributed by atoms with Crippen LogP contribution >= 0.6 is 23.1 Å². The van der Waals surface area contributed by atoms with Gasteiger partial charge in [0.25, 0.3) is 5.91 Å². The molecule has 1 N–H and O–H groups in total. The number of hydrogen-bond donors (Lipinski definition) is 1. The van der Waals surface area contributed by atoms with Gasteiger partial charge in [-0.1, -0.05) is 52.9 Å². The minimum Gasteiger partial charge on any atom is -0.467 e. The fraction of sp³-hybridized carbons (Fsp3) is 0.217. The molecule has 8 nitrogen and oxygen atoms in total. The van der Waals surface area contributed by atoms with Crippen LogP contribution in [0, 0.1) is 6.92 Å². The molecule has 0 aliphatic carbocycles. The molecule has 33 heavy (non-hydrogen) atoms. The molecule has 1 amide bonds. The van der Waals surface area contributed by atoms with Crippen molar-refractivity contribution in [3.8, 4) is 0 Å². The quantitative estimate of drug-likeness (QED) is 0.351. The number of carbonyl (C=O) groups is 1. The Morgan fingerprint density at radius 2 is 1.97 bits per heavy atom. The van der Waals surface area contributed by atoms with Gasteiger partial charge in [-0.05, 0) is 36.8 Å². The lowest BCUT2D eigenvalue weighted by molar-refractivity contribution is -0.130. The van der Waals surface area contributed by atoms with Crippen molar-refractivity contribution in [2.75, 3.05) is 11.1 Å². The summed E-state index contributed by atoms with van der Waals surface area (Å²) in [6, 6.07) is 15.3. The first-order valence-electron chi connectivity index (χ1n) is 10.4. The summed E-state index contributed by atoms with van der Waals surface area (Å²) in [4.78, 5) is 13.1. The molecular weight excluding hydrogens is 458 g/mol. The van der Waals surface area contributed by atoms with Gasteiger partial charge in [0.2, 0.25) is 5.13 Å². The Morgan fingerprint density at radius 1 is 1.15 bits per heavy atom. The third-order valence-corrected chi connectivity index (χ3v) is 7.14. The molecule has 4 aromatic rings. The summed E-state index contributed by atoms with van der Waals surface area (Å²) in [6.07, 6.45) is 3.85. The first kappa shape index (κ1) is 21.5. The average molecular weight is 480 g/mol. The number of aryl methyl sites for hydroxylation is 1. The van der Waals surface area contributed by atoms with Crippen molar-refractivity contribution < 1.29 is 13.6 Å². The van der Waals surface area contributed by atoms with E-state index in [4.69, 9.17) is 8.83 Å². The van der Waals surface area contributed by atoms with Crippen molar-refractivity contribution in [1.82, 2.24) is 15.2 Å². The highest BCUT2D eigenvalue weighted by atomic mass is 32.2. The zero-order valence-electron chi connectivity index (χ0n) is 17.8. The molecule has 1 atom stereocenters. The van der Waals surface area contributed by atoms with Crippen molar-refractivity contribution in [2.24, 2.45) is 5.10 Å². The Labute approximate surface area is 198 Å². The average Bonchev–Trinajstić information content (AvgIpc) is 3.62. The van der Waals surface area contributed by atoms with E-state index >= 15 is 0 Å². The number of hydrogen-bond acceptors (Lipinski definition) is 9. The van der Waals surface area contributed by atoms with E-state index in [1.807, 2.05) is 55.5 Å². The van der Waals surface area contributed by atoms with E-state index in [9.17, 15) is 4.79 Å².